The Hall–Kier alpha value is -0.940. The molecule has 1 fully saturated rings. The molecule has 0 aromatic carbocycles. The lowest BCUT2D eigenvalue weighted by atomic mass is 10.2. The molecule has 1 aromatic heterocycles. The molecule has 1 aromatic rings. The summed E-state index contributed by atoms with van der Waals surface area (Å²) in [4.78, 5) is 2.49. The van der Waals surface area contributed by atoms with Crippen LogP contribution in [-0.4, -0.2) is 46.1 Å². The fourth-order valence-electron chi connectivity index (χ4n) is 2.25. The third-order valence-corrected chi connectivity index (χ3v) is 2.95. The lowest BCUT2D eigenvalue weighted by Crippen LogP contribution is -2.36. The van der Waals surface area contributed by atoms with E-state index in [-0.39, 0.29) is 0 Å². The van der Waals surface area contributed by atoms with Gasteiger partial charge in [-0.2, -0.15) is 0 Å². The highest BCUT2D eigenvalue weighted by Crippen LogP contribution is 2.18. The number of rotatable bonds is 4. The Morgan fingerprint density at radius 1 is 1.60 bits per heavy atom. The van der Waals surface area contributed by atoms with Gasteiger partial charge in [0.15, 0.2) is 0 Å². The highest BCUT2D eigenvalue weighted by atomic mass is 15.4. The van der Waals surface area contributed by atoms with Crippen molar-refractivity contribution in [1.82, 2.24) is 25.2 Å². The molecule has 0 radical (unpaired) electrons. The van der Waals surface area contributed by atoms with Crippen LogP contribution in [0, 0.1) is 0 Å². The topological polar surface area (TPSA) is 46.0 Å². The first-order chi connectivity index (χ1) is 7.29. The van der Waals surface area contributed by atoms with Gasteiger partial charge in [0, 0.05) is 32.4 Å². The fourth-order valence-corrected chi connectivity index (χ4v) is 2.25. The smallest absolute Gasteiger partial charge is 0.0967 e. The zero-order valence-electron chi connectivity index (χ0n) is 9.48. The Morgan fingerprint density at radius 3 is 3.13 bits per heavy atom. The van der Waals surface area contributed by atoms with Gasteiger partial charge in [0.2, 0.25) is 0 Å². The van der Waals surface area contributed by atoms with Crippen LogP contribution < -0.4 is 5.32 Å². The molecule has 2 heterocycles. The molecule has 0 amide bonds. The first-order valence-electron chi connectivity index (χ1n) is 5.53. The van der Waals surface area contributed by atoms with E-state index in [1.165, 1.54) is 19.4 Å². The Kier molecular flexibility index (Phi) is 3.33. The Bertz CT molecular complexity index is 309. The first kappa shape index (κ1) is 10.6. The molecule has 1 aliphatic rings. The molecule has 1 N–H and O–H groups in total. The number of likely N-dealkylation sites (N-methyl/N-ethyl adjacent to an activating group) is 1. The average molecular weight is 209 g/mol. The van der Waals surface area contributed by atoms with Crippen molar-refractivity contribution in [1.29, 1.82) is 0 Å². The number of aromatic nitrogens is 3. The van der Waals surface area contributed by atoms with Gasteiger partial charge in [-0.3, -0.25) is 9.58 Å². The van der Waals surface area contributed by atoms with Crippen LogP contribution in [-0.2, 0) is 13.6 Å². The molecule has 1 aliphatic heterocycles. The predicted molar refractivity (Wildman–Crippen MR) is 58.4 cm³/mol. The quantitative estimate of drug-likeness (QED) is 0.758. The van der Waals surface area contributed by atoms with Crippen LogP contribution in [0.1, 0.15) is 18.5 Å². The maximum Gasteiger partial charge on any atom is 0.0967 e. The van der Waals surface area contributed by atoms with Crippen LogP contribution in [0.3, 0.4) is 0 Å². The van der Waals surface area contributed by atoms with Crippen LogP contribution in [0.25, 0.3) is 0 Å². The molecule has 0 bridgehead atoms. The van der Waals surface area contributed by atoms with E-state index in [1.54, 1.807) is 4.68 Å². The molecule has 0 spiro atoms. The van der Waals surface area contributed by atoms with Gasteiger partial charge in [0.05, 0.1) is 5.69 Å². The van der Waals surface area contributed by atoms with E-state index in [9.17, 15) is 0 Å². The summed E-state index contributed by atoms with van der Waals surface area (Å²) in [6, 6.07) is 0.664. The molecule has 5 nitrogen and oxygen atoms in total. The van der Waals surface area contributed by atoms with Crippen LogP contribution in [0.2, 0.25) is 0 Å². The van der Waals surface area contributed by atoms with Gasteiger partial charge < -0.3 is 5.32 Å². The summed E-state index contributed by atoms with van der Waals surface area (Å²) in [6.45, 7) is 3.18. The Balaban J connectivity index is 1.93. The van der Waals surface area contributed by atoms with Gasteiger partial charge in [0.1, 0.15) is 0 Å². The standard InChI is InChI=1S/C10H19N5/c1-11-6-10-4-3-5-15(10)8-9-7-14(2)13-12-9/h7,10-11H,3-6,8H2,1-2H3. The van der Waals surface area contributed by atoms with Gasteiger partial charge in [0.25, 0.3) is 0 Å². The van der Waals surface area contributed by atoms with E-state index in [1.807, 2.05) is 20.3 Å². The van der Waals surface area contributed by atoms with E-state index in [4.69, 9.17) is 0 Å². The van der Waals surface area contributed by atoms with Crippen molar-refractivity contribution in [2.24, 2.45) is 7.05 Å². The van der Waals surface area contributed by atoms with Crippen molar-refractivity contribution in [3.63, 3.8) is 0 Å². The van der Waals surface area contributed by atoms with Crippen LogP contribution in [0.4, 0.5) is 0 Å². The van der Waals surface area contributed by atoms with Gasteiger partial charge >= 0.3 is 0 Å². The van der Waals surface area contributed by atoms with E-state index < -0.39 is 0 Å². The summed E-state index contributed by atoms with van der Waals surface area (Å²) >= 11 is 0. The number of nitrogens with one attached hydrogen (secondary N) is 1. The van der Waals surface area contributed by atoms with Crippen molar-refractivity contribution < 1.29 is 0 Å². The molecule has 5 heteroatoms. The molecule has 1 unspecified atom stereocenters. The zero-order valence-corrected chi connectivity index (χ0v) is 9.48. The minimum atomic E-state index is 0.664. The molecule has 15 heavy (non-hydrogen) atoms. The van der Waals surface area contributed by atoms with E-state index in [0.717, 1.165) is 18.8 Å². The third kappa shape index (κ3) is 2.54. The normalized spacial score (nSPS) is 22.4. The molecular weight excluding hydrogens is 190 g/mol. The molecule has 1 atom stereocenters. The molecule has 1 saturated heterocycles. The molecule has 2 rings (SSSR count). The van der Waals surface area contributed by atoms with Crippen LogP contribution in [0.15, 0.2) is 6.20 Å². The zero-order chi connectivity index (χ0) is 10.7. The summed E-state index contributed by atoms with van der Waals surface area (Å²) < 4.78 is 1.76. The number of likely N-dealkylation sites (tertiary alicyclic amines) is 1. The fraction of sp³-hybridized carbons (Fsp3) is 0.800. The van der Waals surface area contributed by atoms with Crippen molar-refractivity contribution in [2.75, 3.05) is 20.1 Å². The first-order valence-corrected chi connectivity index (χ1v) is 5.53. The summed E-state index contributed by atoms with van der Waals surface area (Å²) in [6.07, 6.45) is 4.59. The molecule has 0 aliphatic carbocycles. The molecular formula is C10H19N5. The van der Waals surface area contributed by atoms with Gasteiger partial charge in [-0.05, 0) is 26.4 Å². The maximum atomic E-state index is 4.12. The van der Waals surface area contributed by atoms with Crippen molar-refractivity contribution in [2.45, 2.75) is 25.4 Å². The summed E-state index contributed by atoms with van der Waals surface area (Å²) in [5.41, 5.74) is 1.07. The monoisotopic (exact) mass is 209 g/mol. The van der Waals surface area contributed by atoms with Gasteiger partial charge in [-0.1, -0.05) is 5.21 Å². The number of hydrogen-bond donors (Lipinski definition) is 1. The lowest BCUT2D eigenvalue weighted by molar-refractivity contribution is 0.239. The SMILES string of the molecule is CNCC1CCCN1Cc1cn(C)nn1. The number of hydrogen-bond acceptors (Lipinski definition) is 4. The second kappa shape index (κ2) is 4.72. The van der Waals surface area contributed by atoms with E-state index >= 15 is 0 Å². The maximum absolute atomic E-state index is 4.12. The summed E-state index contributed by atoms with van der Waals surface area (Å²) in [5.74, 6) is 0. The lowest BCUT2D eigenvalue weighted by Gasteiger charge is -2.22. The molecule has 84 valence electrons. The second-order valence-corrected chi connectivity index (χ2v) is 4.21. The van der Waals surface area contributed by atoms with Gasteiger partial charge in [-0.25, -0.2) is 0 Å². The predicted octanol–water partition coefficient (Wildman–Crippen LogP) is -0.00110. The number of aryl methyl sites for hydroxylation is 1. The van der Waals surface area contributed by atoms with Crippen LogP contribution >= 0.6 is 0 Å². The van der Waals surface area contributed by atoms with Gasteiger partial charge in [-0.15, -0.1) is 5.10 Å². The Morgan fingerprint density at radius 2 is 2.47 bits per heavy atom. The summed E-state index contributed by atoms with van der Waals surface area (Å²) in [5, 5.41) is 11.3. The average Bonchev–Trinajstić information content (AvgIpc) is 2.78. The molecule has 0 saturated carbocycles. The van der Waals surface area contributed by atoms with Crippen molar-refractivity contribution in [3.8, 4) is 0 Å². The second-order valence-electron chi connectivity index (χ2n) is 4.21. The number of nitrogens with zero attached hydrogens (tertiary/aromatic N) is 4. The summed E-state index contributed by atoms with van der Waals surface area (Å²) in [7, 11) is 3.92. The Labute approximate surface area is 90.5 Å². The largest absolute Gasteiger partial charge is 0.318 e. The van der Waals surface area contributed by atoms with Crippen molar-refractivity contribution >= 4 is 0 Å². The van der Waals surface area contributed by atoms with Crippen LogP contribution in [0.5, 0.6) is 0 Å². The highest BCUT2D eigenvalue weighted by Gasteiger charge is 2.24. The van der Waals surface area contributed by atoms with E-state index in [0.29, 0.717) is 6.04 Å². The highest BCUT2D eigenvalue weighted by molar-refractivity contribution is 4.94. The minimum absolute atomic E-state index is 0.664. The minimum Gasteiger partial charge on any atom is -0.318 e. The third-order valence-electron chi connectivity index (χ3n) is 2.95. The van der Waals surface area contributed by atoms with E-state index in [2.05, 4.69) is 20.5 Å². The van der Waals surface area contributed by atoms with Crippen molar-refractivity contribution in [3.05, 3.63) is 11.9 Å².